The maximum Gasteiger partial charge on any atom is 0.270 e. The van der Waals surface area contributed by atoms with Crippen molar-refractivity contribution in [1.82, 2.24) is 10.3 Å². The minimum Gasteiger partial charge on any atom is -0.370 e. The fourth-order valence-electron chi connectivity index (χ4n) is 1.72. The van der Waals surface area contributed by atoms with E-state index in [4.69, 9.17) is 0 Å². The van der Waals surface area contributed by atoms with Crippen LogP contribution < -0.4 is 10.6 Å². The van der Waals surface area contributed by atoms with Crippen LogP contribution in [0.15, 0.2) is 35.7 Å². The summed E-state index contributed by atoms with van der Waals surface area (Å²) in [6, 6.07) is 9.39. The first-order valence-electron chi connectivity index (χ1n) is 6.26. The van der Waals surface area contributed by atoms with Crippen LogP contribution in [-0.4, -0.2) is 17.4 Å². The van der Waals surface area contributed by atoms with E-state index < -0.39 is 0 Å². The van der Waals surface area contributed by atoms with E-state index in [0.29, 0.717) is 5.69 Å². The van der Waals surface area contributed by atoms with Crippen molar-refractivity contribution in [2.75, 3.05) is 11.9 Å². The number of carbonyl (C=O) groups is 1. The third kappa shape index (κ3) is 3.54. The quantitative estimate of drug-likeness (QED) is 0.881. The van der Waals surface area contributed by atoms with Crippen molar-refractivity contribution in [1.29, 1.82) is 0 Å². The van der Waals surface area contributed by atoms with E-state index in [1.807, 2.05) is 43.5 Å². The molecule has 5 heteroatoms. The van der Waals surface area contributed by atoms with Gasteiger partial charge in [0, 0.05) is 11.4 Å². The van der Waals surface area contributed by atoms with Gasteiger partial charge in [-0.1, -0.05) is 12.1 Å². The van der Waals surface area contributed by atoms with Gasteiger partial charge in [0.15, 0.2) is 0 Å². The standard InChI is InChI=1S/C14H17N3OS/c1-3-15-13-8-4-6-11(17-13)14(18)16-10(2)12-7-5-9-19-12/h4-10H,3H2,1-2H3,(H,15,17)(H,16,18). The van der Waals surface area contributed by atoms with Crippen molar-refractivity contribution in [2.45, 2.75) is 19.9 Å². The fourth-order valence-corrected chi connectivity index (χ4v) is 2.45. The molecule has 0 fully saturated rings. The summed E-state index contributed by atoms with van der Waals surface area (Å²) in [5.74, 6) is 0.569. The highest BCUT2D eigenvalue weighted by molar-refractivity contribution is 7.10. The highest BCUT2D eigenvalue weighted by Crippen LogP contribution is 2.18. The number of thiophene rings is 1. The Morgan fingerprint density at radius 3 is 2.89 bits per heavy atom. The average molecular weight is 275 g/mol. The summed E-state index contributed by atoms with van der Waals surface area (Å²) in [4.78, 5) is 17.5. The number of anilines is 1. The molecule has 0 saturated heterocycles. The first-order valence-corrected chi connectivity index (χ1v) is 7.14. The molecule has 2 heterocycles. The molecule has 100 valence electrons. The van der Waals surface area contributed by atoms with Crippen molar-refractivity contribution in [3.8, 4) is 0 Å². The van der Waals surface area contributed by atoms with Gasteiger partial charge in [-0.3, -0.25) is 4.79 Å². The van der Waals surface area contributed by atoms with Gasteiger partial charge in [-0.25, -0.2) is 4.98 Å². The van der Waals surface area contributed by atoms with Crippen molar-refractivity contribution in [3.05, 3.63) is 46.3 Å². The Bertz CT molecular complexity index is 539. The molecule has 0 aliphatic rings. The van der Waals surface area contributed by atoms with Crippen LogP contribution in [0, 0.1) is 0 Å². The van der Waals surface area contributed by atoms with E-state index >= 15 is 0 Å². The Labute approximate surface area is 116 Å². The second-order valence-electron chi connectivity index (χ2n) is 4.15. The molecule has 4 nitrogen and oxygen atoms in total. The van der Waals surface area contributed by atoms with Crippen molar-refractivity contribution in [2.24, 2.45) is 0 Å². The lowest BCUT2D eigenvalue weighted by Gasteiger charge is -2.12. The van der Waals surface area contributed by atoms with E-state index in [1.54, 1.807) is 17.4 Å². The molecule has 2 aromatic rings. The minimum absolute atomic E-state index is 0.00269. The second-order valence-corrected chi connectivity index (χ2v) is 5.13. The molecule has 1 amide bonds. The van der Waals surface area contributed by atoms with Crippen LogP contribution in [-0.2, 0) is 0 Å². The zero-order valence-electron chi connectivity index (χ0n) is 11.0. The fraction of sp³-hybridized carbons (Fsp3) is 0.286. The van der Waals surface area contributed by atoms with Crippen LogP contribution in [0.4, 0.5) is 5.82 Å². The van der Waals surface area contributed by atoms with E-state index in [2.05, 4.69) is 15.6 Å². The maximum absolute atomic E-state index is 12.1. The Morgan fingerprint density at radius 2 is 2.21 bits per heavy atom. The molecule has 1 atom stereocenters. The number of hydrogen-bond donors (Lipinski definition) is 2. The van der Waals surface area contributed by atoms with Gasteiger partial charge in [-0.05, 0) is 37.4 Å². The summed E-state index contributed by atoms with van der Waals surface area (Å²) in [5.41, 5.74) is 0.432. The first kappa shape index (κ1) is 13.5. The van der Waals surface area contributed by atoms with Gasteiger partial charge >= 0.3 is 0 Å². The molecule has 0 bridgehead atoms. The molecule has 2 N–H and O–H groups in total. The van der Waals surface area contributed by atoms with Gasteiger partial charge < -0.3 is 10.6 Å². The van der Waals surface area contributed by atoms with Crippen molar-refractivity contribution < 1.29 is 4.79 Å². The molecule has 1 unspecified atom stereocenters. The van der Waals surface area contributed by atoms with Crippen LogP contribution >= 0.6 is 11.3 Å². The SMILES string of the molecule is CCNc1cccc(C(=O)NC(C)c2cccs2)n1. The number of pyridine rings is 1. The monoisotopic (exact) mass is 275 g/mol. The second kappa shape index (κ2) is 6.33. The molecule has 0 spiro atoms. The predicted molar refractivity (Wildman–Crippen MR) is 78.6 cm³/mol. The molecule has 0 aromatic carbocycles. The van der Waals surface area contributed by atoms with E-state index in [1.165, 1.54) is 0 Å². The van der Waals surface area contributed by atoms with Gasteiger partial charge in [0.2, 0.25) is 0 Å². The lowest BCUT2D eigenvalue weighted by atomic mass is 10.2. The van der Waals surface area contributed by atoms with Gasteiger partial charge in [-0.15, -0.1) is 11.3 Å². The van der Waals surface area contributed by atoms with Crippen LogP contribution in [0.25, 0.3) is 0 Å². The number of amides is 1. The minimum atomic E-state index is -0.152. The van der Waals surface area contributed by atoms with Crippen molar-refractivity contribution in [3.63, 3.8) is 0 Å². The van der Waals surface area contributed by atoms with E-state index in [-0.39, 0.29) is 11.9 Å². The smallest absolute Gasteiger partial charge is 0.270 e. The Morgan fingerprint density at radius 1 is 1.37 bits per heavy atom. The lowest BCUT2D eigenvalue weighted by molar-refractivity contribution is 0.0935. The van der Waals surface area contributed by atoms with E-state index in [0.717, 1.165) is 17.2 Å². The van der Waals surface area contributed by atoms with Gasteiger partial charge in [0.1, 0.15) is 11.5 Å². The summed E-state index contributed by atoms with van der Waals surface area (Å²) in [7, 11) is 0. The molecule has 2 rings (SSSR count). The topological polar surface area (TPSA) is 54.0 Å². The zero-order valence-corrected chi connectivity index (χ0v) is 11.8. The van der Waals surface area contributed by atoms with E-state index in [9.17, 15) is 4.79 Å². The Balaban J connectivity index is 2.05. The largest absolute Gasteiger partial charge is 0.370 e. The summed E-state index contributed by atoms with van der Waals surface area (Å²) < 4.78 is 0. The van der Waals surface area contributed by atoms with Crippen LogP contribution in [0.1, 0.15) is 35.3 Å². The molecule has 0 radical (unpaired) electrons. The third-order valence-corrected chi connectivity index (χ3v) is 3.71. The van der Waals surface area contributed by atoms with Crippen LogP contribution in [0.2, 0.25) is 0 Å². The van der Waals surface area contributed by atoms with Crippen LogP contribution in [0.3, 0.4) is 0 Å². The lowest BCUT2D eigenvalue weighted by Crippen LogP contribution is -2.27. The van der Waals surface area contributed by atoms with Gasteiger partial charge in [-0.2, -0.15) is 0 Å². The summed E-state index contributed by atoms with van der Waals surface area (Å²) in [5, 5.41) is 8.05. The number of carbonyl (C=O) groups excluding carboxylic acids is 1. The highest BCUT2D eigenvalue weighted by Gasteiger charge is 2.13. The Kier molecular flexibility index (Phi) is 4.52. The molecule has 2 aromatic heterocycles. The molecular formula is C14H17N3OS. The number of rotatable bonds is 5. The predicted octanol–water partition coefficient (Wildman–Crippen LogP) is 3.07. The first-order chi connectivity index (χ1) is 9.20. The van der Waals surface area contributed by atoms with Gasteiger partial charge in [0.25, 0.3) is 5.91 Å². The molecular weight excluding hydrogens is 258 g/mol. The zero-order chi connectivity index (χ0) is 13.7. The van der Waals surface area contributed by atoms with Gasteiger partial charge in [0.05, 0.1) is 6.04 Å². The Hall–Kier alpha value is -1.88. The third-order valence-electron chi connectivity index (χ3n) is 2.66. The number of hydrogen-bond acceptors (Lipinski definition) is 4. The maximum atomic E-state index is 12.1. The highest BCUT2D eigenvalue weighted by atomic mass is 32.1. The molecule has 19 heavy (non-hydrogen) atoms. The molecule has 0 aliphatic heterocycles. The number of nitrogens with zero attached hydrogens (tertiary/aromatic N) is 1. The molecule has 0 saturated carbocycles. The normalized spacial score (nSPS) is 11.9. The number of aromatic nitrogens is 1. The van der Waals surface area contributed by atoms with Crippen molar-refractivity contribution >= 4 is 23.1 Å². The number of nitrogens with one attached hydrogen (secondary N) is 2. The molecule has 0 aliphatic carbocycles. The summed E-state index contributed by atoms with van der Waals surface area (Å²) >= 11 is 1.63. The average Bonchev–Trinajstić information content (AvgIpc) is 2.93. The summed E-state index contributed by atoms with van der Waals surface area (Å²) in [6.07, 6.45) is 0. The summed E-state index contributed by atoms with van der Waals surface area (Å²) in [6.45, 7) is 4.74. The van der Waals surface area contributed by atoms with Crippen LogP contribution in [0.5, 0.6) is 0 Å².